The minimum absolute atomic E-state index is 0. The lowest BCUT2D eigenvalue weighted by atomic mass is 10.2. The lowest BCUT2D eigenvalue weighted by Gasteiger charge is -2.17. The minimum Gasteiger partial charge on any atom is -0.383 e. The normalized spacial score (nSPS) is 13.4. The fourth-order valence-corrected chi connectivity index (χ4v) is 4.22. The molecule has 0 heterocycles. The van der Waals surface area contributed by atoms with E-state index in [9.17, 15) is 16.8 Å². The van der Waals surface area contributed by atoms with Crippen LogP contribution in [0, 0.1) is 0 Å². The van der Waals surface area contributed by atoms with Gasteiger partial charge in [0.15, 0.2) is 5.96 Å². The van der Waals surface area contributed by atoms with Crippen molar-refractivity contribution in [2.45, 2.75) is 37.8 Å². The number of hydrogen-bond donors (Lipinski definition) is 3. The van der Waals surface area contributed by atoms with Crippen LogP contribution in [-0.2, 0) is 31.1 Å². The third kappa shape index (κ3) is 12.0. The summed E-state index contributed by atoms with van der Waals surface area (Å²) in [7, 11) is -5.13. The molecule has 1 rings (SSSR count). The molecule has 0 bridgehead atoms. The highest BCUT2D eigenvalue weighted by atomic mass is 127. The van der Waals surface area contributed by atoms with E-state index in [1.807, 2.05) is 13.8 Å². The van der Waals surface area contributed by atoms with Gasteiger partial charge in [-0.15, -0.1) is 24.0 Å². The Kier molecular flexibility index (Phi) is 13.7. The van der Waals surface area contributed by atoms with Gasteiger partial charge >= 0.3 is 0 Å². The van der Waals surface area contributed by atoms with Crippen LogP contribution in [0.2, 0.25) is 0 Å². The maximum Gasteiger partial charge on any atom is 0.240 e. The number of benzene rings is 1. The van der Waals surface area contributed by atoms with Gasteiger partial charge in [-0.3, -0.25) is 0 Å². The van der Waals surface area contributed by atoms with E-state index in [0.29, 0.717) is 25.5 Å². The number of hydrogen-bond acceptors (Lipinski definition) is 6. The third-order valence-corrected chi connectivity index (χ3v) is 6.31. The molecule has 0 aromatic heterocycles. The Morgan fingerprint density at radius 2 is 1.93 bits per heavy atom. The van der Waals surface area contributed by atoms with Crippen LogP contribution in [0.1, 0.15) is 25.8 Å². The Hall–Kier alpha value is -0.960. The Morgan fingerprint density at radius 3 is 2.53 bits per heavy atom. The molecule has 3 N–H and O–H groups in total. The van der Waals surface area contributed by atoms with E-state index in [0.717, 1.165) is 5.56 Å². The smallest absolute Gasteiger partial charge is 0.240 e. The molecule has 0 aliphatic carbocycles. The van der Waals surface area contributed by atoms with Crippen molar-refractivity contribution in [3.63, 3.8) is 0 Å². The number of rotatable bonds is 12. The van der Waals surface area contributed by atoms with Crippen LogP contribution in [-0.4, -0.2) is 67.7 Å². The van der Waals surface area contributed by atoms with Gasteiger partial charge in [0.2, 0.25) is 10.0 Å². The van der Waals surface area contributed by atoms with Crippen molar-refractivity contribution in [1.29, 1.82) is 0 Å². The first kappa shape index (κ1) is 29.0. The number of guanidine groups is 1. The van der Waals surface area contributed by atoms with Crippen molar-refractivity contribution in [3.05, 3.63) is 29.8 Å². The van der Waals surface area contributed by atoms with Crippen LogP contribution in [0.15, 0.2) is 34.2 Å². The van der Waals surface area contributed by atoms with Crippen LogP contribution in [0.4, 0.5) is 0 Å². The topological polar surface area (TPSA) is 126 Å². The predicted octanol–water partition coefficient (Wildman–Crippen LogP) is 1.11. The first-order valence-electron chi connectivity index (χ1n) is 9.37. The largest absolute Gasteiger partial charge is 0.383 e. The highest BCUT2D eigenvalue weighted by Gasteiger charge is 2.14. The van der Waals surface area contributed by atoms with Crippen LogP contribution >= 0.6 is 24.0 Å². The number of sulfonamides is 1. The van der Waals surface area contributed by atoms with E-state index in [2.05, 4.69) is 20.3 Å². The summed E-state index contributed by atoms with van der Waals surface area (Å²) < 4.78 is 54.6. The Bertz CT molecular complexity index is 876. The molecule has 1 aromatic rings. The van der Waals surface area contributed by atoms with Crippen molar-refractivity contribution < 1.29 is 21.6 Å². The maximum atomic E-state index is 12.3. The molecule has 12 heteroatoms. The van der Waals surface area contributed by atoms with Gasteiger partial charge in [0.1, 0.15) is 9.84 Å². The molecule has 9 nitrogen and oxygen atoms in total. The summed E-state index contributed by atoms with van der Waals surface area (Å²) in [5.74, 6) is 0.635. The third-order valence-electron chi connectivity index (χ3n) is 3.88. The fourth-order valence-electron chi connectivity index (χ4n) is 2.36. The van der Waals surface area contributed by atoms with Gasteiger partial charge in [-0.05, 0) is 38.0 Å². The van der Waals surface area contributed by atoms with Crippen molar-refractivity contribution in [1.82, 2.24) is 15.4 Å². The van der Waals surface area contributed by atoms with Crippen LogP contribution < -0.4 is 15.4 Å². The zero-order chi connectivity index (χ0) is 21.9. The SMILES string of the molecule is CCNC(=NCc1cccc(S(=O)(=O)NCCOC)c1)NC(C)CCS(C)(=O)=O.I. The maximum absolute atomic E-state index is 12.3. The number of nitrogens with zero attached hydrogens (tertiary/aromatic N) is 1. The number of ether oxygens (including phenoxy) is 1. The first-order chi connectivity index (χ1) is 13.6. The van der Waals surface area contributed by atoms with Gasteiger partial charge in [0.25, 0.3) is 0 Å². The summed E-state index contributed by atoms with van der Waals surface area (Å²) in [4.78, 5) is 4.64. The summed E-state index contributed by atoms with van der Waals surface area (Å²) in [6.07, 6.45) is 1.67. The number of sulfone groups is 1. The fraction of sp³-hybridized carbons (Fsp3) is 0.611. The summed E-state index contributed by atoms with van der Waals surface area (Å²) in [6, 6.07) is 6.49. The molecule has 1 aromatic carbocycles. The molecule has 30 heavy (non-hydrogen) atoms. The summed E-state index contributed by atoms with van der Waals surface area (Å²) >= 11 is 0. The lowest BCUT2D eigenvalue weighted by Crippen LogP contribution is -2.42. The Labute approximate surface area is 197 Å². The predicted molar refractivity (Wildman–Crippen MR) is 131 cm³/mol. The highest BCUT2D eigenvalue weighted by molar-refractivity contribution is 14.0. The molecule has 0 aliphatic heterocycles. The van der Waals surface area contributed by atoms with E-state index >= 15 is 0 Å². The standard InChI is InChI=1S/C18H32N4O5S2.HI/c1-5-19-18(22-15(2)9-12-28(4,23)24)20-14-16-7-6-8-17(13-16)29(25,26)21-10-11-27-3;/h6-8,13,15,21H,5,9-12,14H2,1-4H3,(H2,19,20,22);1H. The molecule has 1 atom stereocenters. The molecular formula is C18H33IN4O5S2. The number of halogens is 1. The number of aliphatic imine (C=N–C) groups is 1. The second-order valence-corrected chi connectivity index (χ2v) is 10.7. The number of nitrogens with one attached hydrogen (secondary N) is 3. The Morgan fingerprint density at radius 1 is 1.23 bits per heavy atom. The molecule has 0 spiro atoms. The molecular weight excluding hydrogens is 543 g/mol. The van der Waals surface area contributed by atoms with Crippen LogP contribution in [0.3, 0.4) is 0 Å². The summed E-state index contributed by atoms with van der Waals surface area (Å²) in [5, 5.41) is 6.27. The van der Waals surface area contributed by atoms with Gasteiger partial charge in [-0.2, -0.15) is 0 Å². The van der Waals surface area contributed by atoms with Crippen LogP contribution in [0.25, 0.3) is 0 Å². The van der Waals surface area contributed by atoms with E-state index in [-0.39, 0.29) is 53.8 Å². The Balaban J connectivity index is 0.00000841. The second kappa shape index (κ2) is 14.2. The molecule has 0 radical (unpaired) electrons. The molecule has 0 fully saturated rings. The molecule has 1 unspecified atom stereocenters. The zero-order valence-electron chi connectivity index (χ0n) is 17.8. The van der Waals surface area contributed by atoms with Crippen LogP contribution in [0.5, 0.6) is 0 Å². The van der Waals surface area contributed by atoms with Gasteiger partial charge < -0.3 is 15.4 Å². The zero-order valence-corrected chi connectivity index (χ0v) is 21.8. The quantitative estimate of drug-likeness (QED) is 0.147. The first-order valence-corrected chi connectivity index (χ1v) is 12.9. The van der Waals surface area contributed by atoms with Gasteiger partial charge in [-0.25, -0.2) is 26.6 Å². The van der Waals surface area contributed by atoms with E-state index in [1.165, 1.54) is 19.4 Å². The van der Waals surface area contributed by atoms with Crippen molar-refractivity contribution in [2.24, 2.45) is 4.99 Å². The molecule has 0 saturated heterocycles. The number of methoxy groups -OCH3 is 1. The molecule has 0 aliphatic rings. The van der Waals surface area contributed by atoms with Gasteiger partial charge in [0, 0.05) is 32.5 Å². The van der Waals surface area contributed by atoms with Crippen molar-refractivity contribution in [3.8, 4) is 0 Å². The van der Waals surface area contributed by atoms with E-state index in [4.69, 9.17) is 4.74 Å². The van der Waals surface area contributed by atoms with Gasteiger partial charge in [-0.1, -0.05) is 12.1 Å². The average molecular weight is 577 g/mol. The highest BCUT2D eigenvalue weighted by Crippen LogP contribution is 2.12. The van der Waals surface area contributed by atoms with Crippen molar-refractivity contribution in [2.75, 3.05) is 38.8 Å². The van der Waals surface area contributed by atoms with Gasteiger partial charge in [0.05, 0.1) is 23.8 Å². The minimum atomic E-state index is -3.61. The molecule has 0 saturated carbocycles. The summed E-state index contributed by atoms with van der Waals surface area (Å²) in [6.45, 7) is 5.21. The molecule has 174 valence electrons. The second-order valence-electron chi connectivity index (χ2n) is 6.70. The van der Waals surface area contributed by atoms with Crippen molar-refractivity contribution >= 4 is 49.8 Å². The molecule has 0 amide bonds. The monoisotopic (exact) mass is 576 g/mol. The lowest BCUT2D eigenvalue weighted by molar-refractivity contribution is 0.204. The van der Waals surface area contributed by atoms with E-state index in [1.54, 1.807) is 18.2 Å². The van der Waals surface area contributed by atoms with E-state index < -0.39 is 19.9 Å². The average Bonchev–Trinajstić information content (AvgIpc) is 2.64. The summed E-state index contributed by atoms with van der Waals surface area (Å²) in [5.41, 5.74) is 0.737.